The van der Waals surface area contributed by atoms with Gasteiger partial charge in [-0.15, -0.1) is 0 Å². The minimum atomic E-state index is 0.782. The summed E-state index contributed by atoms with van der Waals surface area (Å²) in [6, 6.07) is 2.09. The second-order valence-corrected chi connectivity index (χ2v) is 4.91. The molecule has 2 rings (SSSR count). The molecular weight excluding hydrogens is 198 g/mol. The van der Waals surface area contributed by atoms with Gasteiger partial charge in [-0.3, -0.25) is 0 Å². The number of nitrogens with zero attached hydrogens (tertiary/aromatic N) is 2. The van der Waals surface area contributed by atoms with Crippen molar-refractivity contribution in [3.63, 3.8) is 0 Å². The molecular formula is C13H23N3. The van der Waals surface area contributed by atoms with Crippen LogP contribution in [0.5, 0.6) is 0 Å². The van der Waals surface area contributed by atoms with Gasteiger partial charge in [0.2, 0.25) is 0 Å². The Balaban J connectivity index is 1.85. The van der Waals surface area contributed by atoms with Crippen LogP contribution >= 0.6 is 0 Å². The van der Waals surface area contributed by atoms with Crippen molar-refractivity contribution in [3.05, 3.63) is 12.3 Å². The summed E-state index contributed by atoms with van der Waals surface area (Å²) in [6.45, 7) is 6.69. The van der Waals surface area contributed by atoms with E-state index in [1.165, 1.54) is 31.5 Å². The van der Waals surface area contributed by atoms with Gasteiger partial charge in [-0.25, -0.2) is 4.68 Å². The van der Waals surface area contributed by atoms with Crippen LogP contribution in [0.25, 0.3) is 0 Å². The van der Waals surface area contributed by atoms with Crippen LogP contribution in [0.2, 0.25) is 0 Å². The van der Waals surface area contributed by atoms with Crippen molar-refractivity contribution >= 4 is 5.82 Å². The Bertz CT molecular complexity index is 311. The number of rotatable bonds is 7. The van der Waals surface area contributed by atoms with E-state index in [-0.39, 0.29) is 0 Å². The summed E-state index contributed by atoms with van der Waals surface area (Å²) >= 11 is 0. The zero-order valence-corrected chi connectivity index (χ0v) is 10.4. The van der Waals surface area contributed by atoms with E-state index in [0.29, 0.717) is 0 Å². The quantitative estimate of drug-likeness (QED) is 0.766. The van der Waals surface area contributed by atoms with Crippen LogP contribution in [0.1, 0.15) is 39.5 Å². The number of hydrogen-bond acceptors (Lipinski definition) is 2. The van der Waals surface area contributed by atoms with Crippen LogP contribution in [-0.4, -0.2) is 16.3 Å². The third kappa shape index (κ3) is 3.00. The first-order valence-electron chi connectivity index (χ1n) is 6.59. The summed E-state index contributed by atoms with van der Waals surface area (Å²) < 4.78 is 2.13. The van der Waals surface area contributed by atoms with E-state index < -0.39 is 0 Å². The van der Waals surface area contributed by atoms with Crippen LogP contribution in [0.15, 0.2) is 12.3 Å². The van der Waals surface area contributed by atoms with Crippen molar-refractivity contribution in [3.8, 4) is 0 Å². The Hall–Kier alpha value is -0.990. The van der Waals surface area contributed by atoms with Gasteiger partial charge in [0.15, 0.2) is 0 Å². The fourth-order valence-corrected chi connectivity index (χ4v) is 2.00. The third-order valence-electron chi connectivity index (χ3n) is 3.57. The summed E-state index contributed by atoms with van der Waals surface area (Å²) in [7, 11) is 0. The first-order valence-corrected chi connectivity index (χ1v) is 6.59. The first kappa shape index (κ1) is 11.5. The summed E-state index contributed by atoms with van der Waals surface area (Å²) in [5, 5.41) is 7.91. The van der Waals surface area contributed by atoms with Gasteiger partial charge < -0.3 is 5.32 Å². The molecule has 16 heavy (non-hydrogen) atoms. The van der Waals surface area contributed by atoms with Crippen LogP contribution in [0, 0.1) is 11.8 Å². The lowest BCUT2D eigenvalue weighted by Crippen LogP contribution is -2.16. The minimum Gasteiger partial charge on any atom is -0.370 e. The zero-order valence-electron chi connectivity index (χ0n) is 10.4. The van der Waals surface area contributed by atoms with E-state index in [2.05, 4.69) is 35.0 Å². The molecule has 0 bridgehead atoms. The van der Waals surface area contributed by atoms with Crippen LogP contribution in [0.3, 0.4) is 0 Å². The lowest BCUT2D eigenvalue weighted by atomic mass is 10.0. The van der Waals surface area contributed by atoms with E-state index in [1.54, 1.807) is 0 Å². The average molecular weight is 221 g/mol. The van der Waals surface area contributed by atoms with Gasteiger partial charge in [-0.1, -0.05) is 26.7 Å². The summed E-state index contributed by atoms with van der Waals surface area (Å²) in [5.74, 6) is 2.86. The number of nitrogens with one attached hydrogen (secondary N) is 1. The topological polar surface area (TPSA) is 29.9 Å². The lowest BCUT2D eigenvalue weighted by Gasteiger charge is -2.15. The second kappa shape index (κ2) is 5.37. The highest BCUT2D eigenvalue weighted by Crippen LogP contribution is 2.31. The molecule has 1 fully saturated rings. The predicted octanol–water partition coefficient (Wildman–Crippen LogP) is 3.14. The molecule has 90 valence electrons. The molecule has 0 radical (unpaired) electrons. The first-order chi connectivity index (χ1) is 7.83. The maximum atomic E-state index is 4.38. The molecule has 1 aromatic rings. The molecule has 0 saturated heterocycles. The van der Waals surface area contributed by atoms with Gasteiger partial charge >= 0.3 is 0 Å². The van der Waals surface area contributed by atoms with Gasteiger partial charge in [0.1, 0.15) is 5.82 Å². The van der Waals surface area contributed by atoms with Gasteiger partial charge in [-0.05, 0) is 24.7 Å². The summed E-state index contributed by atoms with van der Waals surface area (Å²) in [4.78, 5) is 0. The molecule has 1 aliphatic carbocycles. The summed E-state index contributed by atoms with van der Waals surface area (Å²) in [6.07, 6.45) is 7.16. The largest absolute Gasteiger partial charge is 0.370 e. The van der Waals surface area contributed by atoms with E-state index in [0.717, 1.165) is 24.9 Å². The van der Waals surface area contributed by atoms with Crippen LogP contribution < -0.4 is 5.32 Å². The highest BCUT2D eigenvalue weighted by molar-refractivity contribution is 5.33. The van der Waals surface area contributed by atoms with E-state index >= 15 is 0 Å². The Morgan fingerprint density at radius 2 is 2.19 bits per heavy atom. The van der Waals surface area contributed by atoms with Crippen molar-refractivity contribution in [1.82, 2.24) is 9.78 Å². The molecule has 1 aromatic heterocycles. The zero-order chi connectivity index (χ0) is 11.4. The maximum Gasteiger partial charge on any atom is 0.124 e. The highest BCUT2D eigenvalue weighted by atomic mass is 15.3. The fourth-order valence-electron chi connectivity index (χ4n) is 2.00. The molecule has 0 unspecified atom stereocenters. The molecule has 0 atom stereocenters. The van der Waals surface area contributed by atoms with Crippen LogP contribution in [-0.2, 0) is 6.54 Å². The minimum absolute atomic E-state index is 0.782. The molecule has 1 saturated carbocycles. The van der Waals surface area contributed by atoms with Crippen molar-refractivity contribution in [2.45, 2.75) is 46.1 Å². The predicted molar refractivity (Wildman–Crippen MR) is 67.5 cm³/mol. The molecule has 0 aromatic carbocycles. The molecule has 0 aliphatic heterocycles. The Kier molecular flexibility index (Phi) is 3.86. The summed E-state index contributed by atoms with van der Waals surface area (Å²) in [5.41, 5.74) is 0. The normalized spacial score (nSPS) is 15.7. The molecule has 3 nitrogen and oxygen atoms in total. The van der Waals surface area contributed by atoms with Crippen molar-refractivity contribution in [1.29, 1.82) is 0 Å². The molecule has 1 N–H and O–H groups in total. The Labute approximate surface area is 98.2 Å². The third-order valence-corrected chi connectivity index (χ3v) is 3.57. The van der Waals surface area contributed by atoms with Crippen LogP contribution in [0.4, 0.5) is 5.82 Å². The fraction of sp³-hybridized carbons (Fsp3) is 0.769. The van der Waals surface area contributed by atoms with Gasteiger partial charge in [0, 0.05) is 19.2 Å². The SMILES string of the molecule is CCC(CC)CNc1ccnn1CC1CC1. The van der Waals surface area contributed by atoms with Gasteiger partial charge in [-0.2, -0.15) is 5.10 Å². The molecule has 0 spiro atoms. The lowest BCUT2D eigenvalue weighted by molar-refractivity contribution is 0.511. The second-order valence-electron chi connectivity index (χ2n) is 4.91. The Morgan fingerprint density at radius 1 is 1.44 bits per heavy atom. The monoisotopic (exact) mass is 221 g/mol. The Morgan fingerprint density at radius 3 is 2.81 bits per heavy atom. The standard InChI is InChI=1S/C13H23N3/c1-3-11(4-2)9-14-13-7-8-15-16(13)10-12-5-6-12/h7-8,11-12,14H,3-6,9-10H2,1-2H3. The average Bonchev–Trinajstić information content (AvgIpc) is 3.00. The number of hydrogen-bond donors (Lipinski definition) is 1. The highest BCUT2D eigenvalue weighted by Gasteiger charge is 2.22. The van der Waals surface area contributed by atoms with Crippen molar-refractivity contribution in [2.75, 3.05) is 11.9 Å². The smallest absolute Gasteiger partial charge is 0.124 e. The van der Waals surface area contributed by atoms with Crippen molar-refractivity contribution in [2.24, 2.45) is 11.8 Å². The van der Waals surface area contributed by atoms with E-state index in [9.17, 15) is 0 Å². The van der Waals surface area contributed by atoms with Gasteiger partial charge in [0.05, 0.1) is 6.20 Å². The number of anilines is 1. The molecule has 1 aliphatic rings. The molecule has 0 amide bonds. The molecule has 3 heteroatoms. The number of aromatic nitrogens is 2. The molecule has 1 heterocycles. The van der Waals surface area contributed by atoms with Crippen molar-refractivity contribution < 1.29 is 0 Å². The van der Waals surface area contributed by atoms with E-state index in [1.807, 2.05) is 6.20 Å². The maximum absolute atomic E-state index is 4.38. The van der Waals surface area contributed by atoms with E-state index in [4.69, 9.17) is 0 Å². The van der Waals surface area contributed by atoms with Gasteiger partial charge in [0.25, 0.3) is 0 Å².